The number of aliphatic imine (C=N–C) groups is 1. The van der Waals surface area contributed by atoms with E-state index in [1.807, 2.05) is 18.2 Å². The van der Waals surface area contributed by atoms with Gasteiger partial charge in [-0.1, -0.05) is 6.07 Å². The van der Waals surface area contributed by atoms with Crippen molar-refractivity contribution in [2.75, 3.05) is 27.8 Å². The molecule has 0 spiro atoms. The highest BCUT2D eigenvalue weighted by Crippen LogP contribution is 2.27. The molecule has 0 radical (unpaired) electrons. The summed E-state index contributed by atoms with van der Waals surface area (Å²) in [6.45, 7) is 1.31. The van der Waals surface area contributed by atoms with Gasteiger partial charge in [0.2, 0.25) is 5.91 Å². The van der Waals surface area contributed by atoms with Crippen molar-refractivity contribution in [2.24, 2.45) is 4.99 Å². The summed E-state index contributed by atoms with van der Waals surface area (Å²) in [6, 6.07) is 6.21. The van der Waals surface area contributed by atoms with E-state index in [4.69, 9.17) is 9.47 Å². The zero-order chi connectivity index (χ0) is 18.1. The minimum atomic E-state index is 0. The van der Waals surface area contributed by atoms with Crippen molar-refractivity contribution < 1.29 is 14.3 Å². The summed E-state index contributed by atoms with van der Waals surface area (Å²) in [5.41, 5.74) is 1.06. The summed E-state index contributed by atoms with van der Waals surface area (Å²) >= 11 is 0. The number of nitrogens with one attached hydrogen (secondary N) is 3. The molecule has 0 saturated heterocycles. The van der Waals surface area contributed by atoms with Crippen LogP contribution in [0.5, 0.6) is 11.5 Å². The molecule has 1 fully saturated rings. The number of methoxy groups -OCH3 is 2. The number of carbonyl (C=O) groups excluding carboxylic acids is 1. The molecule has 1 amide bonds. The molecule has 0 aliphatic heterocycles. The van der Waals surface area contributed by atoms with Gasteiger partial charge in [0.1, 0.15) is 0 Å². The molecule has 26 heavy (non-hydrogen) atoms. The molecular formula is C18H29IN4O3. The second kappa shape index (κ2) is 11.8. The lowest BCUT2D eigenvalue weighted by Gasteiger charge is -2.13. The predicted molar refractivity (Wildman–Crippen MR) is 114 cm³/mol. The van der Waals surface area contributed by atoms with E-state index >= 15 is 0 Å². The zero-order valence-electron chi connectivity index (χ0n) is 15.6. The highest BCUT2D eigenvalue weighted by atomic mass is 127. The molecule has 0 heterocycles. The monoisotopic (exact) mass is 476 g/mol. The molecule has 0 bridgehead atoms. The fourth-order valence-electron chi connectivity index (χ4n) is 2.38. The SMILES string of the molecule is CN=C(NCCCC(=O)NC1CC1)NCc1ccc(OC)c(OC)c1.I. The summed E-state index contributed by atoms with van der Waals surface area (Å²) in [7, 11) is 4.96. The second-order valence-electron chi connectivity index (χ2n) is 5.99. The average Bonchev–Trinajstić information content (AvgIpc) is 3.44. The maximum atomic E-state index is 11.6. The molecule has 1 aromatic carbocycles. The predicted octanol–water partition coefficient (Wildman–Crippen LogP) is 2.05. The van der Waals surface area contributed by atoms with Gasteiger partial charge < -0.3 is 25.4 Å². The number of hydrogen-bond donors (Lipinski definition) is 3. The van der Waals surface area contributed by atoms with Gasteiger partial charge in [0.05, 0.1) is 14.2 Å². The van der Waals surface area contributed by atoms with E-state index in [0.29, 0.717) is 43.0 Å². The maximum Gasteiger partial charge on any atom is 0.220 e. The molecule has 8 heteroatoms. The first-order valence-electron chi connectivity index (χ1n) is 8.61. The molecule has 2 rings (SSSR count). The van der Waals surface area contributed by atoms with Gasteiger partial charge >= 0.3 is 0 Å². The molecule has 1 aliphatic carbocycles. The van der Waals surface area contributed by atoms with Crippen LogP contribution in [0.4, 0.5) is 0 Å². The third-order valence-electron chi connectivity index (χ3n) is 3.95. The fourth-order valence-corrected chi connectivity index (χ4v) is 2.38. The smallest absolute Gasteiger partial charge is 0.220 e. The first-order valence-corrected chi connectivity index (χ1v) is 8.61. The lowest BCUT2D eigenvalue weighted by molar-refractivity contribution is -0.121. The van der Waals surface area contributed by atoms with Crippen LogP contribution in [-0.2, 0) is 11.3 Å². The van der Waals surface area contributed by atoms with Gasteiger partial charge in [-0.3, -0.25) is 9.79 Å². The first kappa shape index (κ1) is 22.3. The third-order valence-corrected chi connectivity index (χ3v) is 3.95. The Bertz CT molecular complexity index is 606. The molecule has 146 valence electrons. The summed E-state index contributed by atoms with van der Waals surface area (Å²) in [4.78, 5) is 15.8. The number of carbonyl (C=O) groups is 1. The normalized spacial score (nSPS) is 13.4. The number of hydrogen-bond acceptors (Lipinski definition) is 4. The van der Waals surface area contributed by atoms with Crippen molar-refractivity contribution in [1.29, 1.82) is 0 Å². The summed E-state index contributed by atoms with van der Waals surface area (Å²) in [5, 5.41) is 9.45. The van der Waals surface area contributed by atoms with E-state index in [-0.39, 0.29) is 29.9 Å². The van der Waals surface area contributed by atoms with Crippen LogP contribution in [0, 0.1) is 0 Å². The van der Waals surface area contributed by atoms with Gasteiger partial charge in [0, 0.05) is 32.6 Å². The largest absolute Gasteiger partial charge is 0.493 e. The number of ether oxygens (including phenoxy) is 2. The third kappa shape index (κ3) is 7.67. The molecule has 0 aromatic heterocycles. The van der Waals surface area contributed by atoms with Gasteiger partial charge in [-0.15, -0.1) is 24.0 Å². The Morgan fingerprint density at radius 3 is 2.54 bits per heavy atom. The standard InChI is InChI=1S/C18H28N4O3.HI/c1-19-18(20-10-4-5-17(23)22-14-7-8-14)21-12-13-6-9-15(24-2)16(11-13)25-3;/h6,9,11,14H,4-5,7-8,10,12H2,1-3H3,(H,22,23)(H2,19,20,21);1H. The Morgan fingerprint density at radius 2 is 1.92 bits per heavy atom. The minimum Gasteiger partial charge on any atom is -0.493 e. The molecule has 0 atom stereocenters. The van der Waals surface area contributed by atoms with Crippen LogP contribution in [0.3, 0.4) is 0 Å². The number of benzene rings is 1. The summed E-state index contributed by atoms with van der Waals surface area (Å²) < 4.78 is 10.5. The van der Waals surface area contributed by atoms with Crippen LogP contribution in [0.1, 0.15) is 31.2 Å². The molecule has 1 saturated carbocycles. The van der Waals surface area contributed by atoms with Crippen LogP contribution in [0.2, 0.25) is 0 Å². The zero-order valence-corrected chi connectivity index (χ0v) is 18.0. The topological polar surface area (TPSA) is 84.0 Å². The van der Waals surface area contributed by atoms with Gasteiger partial charge in [-0.05, 0) is 37.0 Å². The summed E-state index contributed by atoms with van der Waals surface area (Å²) in [5.74, 6) is 2.25. The van der Waals surface area contributed by atoms with Gasteiger partial charge in [-0.2, -0.15) is 0 Å². The highest BCUT2D eigenvalue weighted by Gasteiger charge is 2.22. The number of amides is 1. The second-order valence-corrected chi connectivity index (χ2v) is 5.99. The Balaban J connectivity index is 0.00000338. The molecule has 7 nitrogen and oxygen atoms in total. The Labute approximate surface area is 172 Å². The van der Waals surface area contributed by atoms with Crippen LogP contribution in [-0.4, -0.2) is 45.7 Å². The van der Waals surface area contributed by atoms with E-state index < -0.39 is 0 Å². The maximum absolute atomic E-state index is 11.6. The van der Waals surface area contributed by atoms with E-state index in [1.165, 1.54) is 0 Å². The lowest BCUT2D eigenvalue weighted by Crippen LogP contribution is -2.37. The highest BCUT2D eigenvalue weighted by molar-refractivity contribution is 14.0. The van der Waals surface area contributed by atoms with Crippen molar-refractivity contribution in [2.45, 2.75) is 38.3 Å². The van der Waals surface area contributed by atoms with Crippen LogP contribution in [0.15, 0.2) is 23.2 Å². The van der Waals surface area contributed by atoms with Gasteiger partial charge in [0.25, 0.3) is 0 Å². The first-order chi connectivity index (χ1) is 12.2. The molecule has 1 aromatic rings. The van der Waals surface area contributed by atoms with E-state index in [2.05, 4.69) is 20.9 Å². The number of halogens is 1. The van der Waals surface area contributed by atoms with Crippen LogP contribution < -0.4 is 25.4 Å². The van der Waals surface area contributed by atoms with E-state index in [1.54, 1.807) is 21.3 Å². The van der Waals surface area contributed by atoms with Crippen molar-refractivity contribution in [3.05, 3.63) is 23.8 Å². The van der Waals surface area contributed by atoms with Crippen molar-refractivity contribution in [1.82, 2.24) is 16.0 Å². The Morgan fingerprint density at radius 1 is 1.19 bits per heavy atom. The number of rotatable bonds is 9. The Hall–Kier alpha value is -1.71. The average molecular weight is 476 g/mol. The molecule has 1 aliphatic rings. The van der Waals surface area contributed by atoms with Gasteiger partial charge in [-0.25, -0.2) is 0 Å². The van der Waals surface area contributed by atoms with Crippen molar-refractivity contribution in [3.63, 3.8) is 0 Å². The quantitative estimate of drug-likeness (QED) is 0.220. The number of guanidine groups is 1. The van der Waals surface area contributed by atoms with Crippen molar-refractivity contribution >= 4 is 35.8 Å². The van der Waals surface area contributed by atoms with Crippen molar-refractivity contribution in [3.8, 4) is 11.5 Å². The van der Waals surface area contributed by atoms with Crippen LogP contribution >= 0.6 is 24.0 Å². The summed E-state index contributed by atoms with van der Waals surface area (Å²) in [6.07, 6.45) is 3.55. The molecule has 0 unspecified atom stereocenters. The Kier molecular flexibility index (Phi) is 10.2. The minimum absolute atomic E-state index is 0. The fraction of sp³-hybridized carbons (Fsp3) is 0.556. The lowest BCUT2D eigenvalue weighted by atomic mass is 10.2. The van der Waals surface area contributed by atoms with E-state index in [9.17, 15) is 4.79 Å². The van der Waals surface area contributed by atoms with Crippen LogP contribution in [0.25, 0.3) is 0 Å². The van der Waals surface area contributed by atoms with E-state index in [0.717, 1.165) is 24.8 Å². The molecular weight excluding hydrogens is 447 g/mol. The van der Waals surface area contributed by atoms with Gasteiger partial charge in [0.15, 0.2) is 17.5 Å². The number of nitrogens with zero attached hydrogens (tertiary/aromatic N) is 1. The molecule has 3 N–H and O–H groups in total.